The van der Waals surface area contributed by atoms with Gasteiger partial charge in [0.15, 0.2) is 0 Å². The van der Waals surface area contributed by atoms with Gasteiger partial charge in [0.1, 0.15) is 0 Å². The van der Waals surface area contributed by atoms with E-state index in [1.165, 1.54) is 6.07 Å². The average molecular weight is 212 g/mol. The van der Waals surface area contributed by atoms with Gasteiger partial charge in [-0.05, 0) is 16.8 Å². The molecule has 0 aliphatic carbocycles. The van der Waals surface area contributed by atoms with E-state index in [2.05, 4.69) is 0 Å². The Morgan fingerprint density at radius 3 is 2.69 bits per heavy atom. The third-order valence-electron chi connectivity index (χ3n) is 2.47. The molecule has 0 radical (unpaired) electrons. The molecule has 0 spiro atoms. The molecule has 0 aliphatic rings. The van der Waals surface area contributed by atoms with E-state index in [4.69, 9.17) is 5.26 Å². The molecule has 0 bridgehead atoms. The van der Waals surface area contributed by atoms with Crippen LogP contribution in [0.2, 0.25) is 0 Å². The Morgan fingerprint density at radius 2 is 2.00 bits per heavy atom. The van der Waals surface area contributed by atoms with Gasteiger partial charge in [0, 0.05) is 6.07 Å². The molecule has 0 atom stereocenters. The maximum atomic E-state index is 10.8. The van der Waals surface area contributed by atoms with E-state index >= 15 is 0 Å². The first-order chi connectivity index (χ1) is 7.74. The summed E-state index contributed by atoms with van der Waals surface area (Å²) in [6.07, 6.45) is 0.0532. The molecular weight excluding hydrogens is 204 g/mol. The second-order valence-corrected chi connectivity index (χ2v) is 3.38. The van der Waals surface area contributed by atoms with Gasteiger partial charge in [-0.25, -0.2) is 0 Å². The summed E-state index contributed by atoms with van der Waals surface area (Å²) < 4.78 is 0. The van der Waals surface area contributed by atoms with Crippen molar-refractivity contribution >= 4 is 16.5 Å². The van der Waals surface area contributed by atoms with Gasteiger partial charge in [0.25, 0.3) is 5.69 Å². The normalized spacial score (nSPS) is 9.94. The minimum atomic E-state index is -0.445. The van der Waals surface area contributed by atoms with Crippen LogP contribution >= 0.6 is 0 Å². The molecule has 0 N–H and O–H groups in total. The molecule has 0 heterocycles. The average Bonchev–Trinajstić information content (AvgIpc) is 2.29. The summed E-state index contributed by atoms with van der Waals surface area (Å²) in [6.45, 7) is 0. The number of hydrogen-bond donors (Lipinski definition) is 0. The van der Waals surface area contributed by atoms with Crippen LogP contribution in [0.15, 0.2) is 36.4 Å². The highest BCUT2D eigenvalue weighted by molar-refractivity contribution is 5.89. The molecule has 0 aliphatic heterocycles. The summed E-state index contributed by atoms with van der Waals surface area (Å²) in [6, 6.07) is 12.5. The number of hydrogen-bond acceptors (Lipinski definition) is 3. The van der Waals surface area contributed by atoms with Crippen molar-refractivity contribution in [3.63, 3.8) is 0 Å². The Morgan fingerprint density at radius 1 is 1.25 bits per heavy atom. The van der Waals surface area contributed by atoms with Crippen molar-refractivity contribution in [2.75, 3.05) is 0 Å². The van der Waals surface area contributed by atoms with E-state index < -0.39 is 4.92 Å². The van der Waals surface area contributed by atoms with Gasteiger partial charge in [-0.3, -0.25) is 10.1 Å². The predicted octanol–water partition coefficient (Wildman–Crippen LogP) is 2.81. The van der Waals surface area contributed by atoms with Crippen molar-refractivity contribution in [1.82, 2.24) is 0 Å². The van der Waals surface area contributed by atoms with Crippen LogP contribution in [-0.2, 0) is 6.42 Å². The summed E-state index contributed by atoms with van der Waals surface area (Å²) in [5.74, 6) is 0. The van der Waals surface area contributed by atoms with Crippen molar-refractivity contribution in [3.8, 4) is 6.07 Å². The number of nitro groups is 1. The van der Waals surface area contributed by atoms with Crippen LogP contribution in [0, 0.1) is 21.4 Å². The molecule has 4 heteroatoms. The van der Waals surface area contributed by atoms with Gasteiger partial charge < -0.3 is 0 Å². The number of fused-ring (bicyclic) bond motifs is 1. The molecule has 2 aromatic rings. The topological polar surface area (TPSA) is 66.9 Å². The van der Waals surface area contributed by atoms with Crippen molar-refractivity contribution < 1.29 is 4.92 Å². The zero-order valence-electron chi connectivity index (χ0n) is 8.38. The van der Waals surface area contributed by atoms with Gasteiger partial charge in [-0.1, -0.05) is 24.3 Å². The van der Waals surface area contributed by atoms with Gasteiger partial charge in [-0.2, -0.15) is 5.26 Å². The number of nitro benzene ring substituents is 1. The zero-order chi connectivity index (χ0) is 11.5. The monoisotopic (exact) mass is 212 g/mol. The summed E-state index contributed by atoms with van der Waals surface area (Å²) in [5.41, 5.74) is 0.505. The Bertz CT molecular complexity index is 599. The molecule has 4 nitrogen and oxygen atoms in total. The number of rotatable bonds is 2. The number of nitriles is 1. The predicted molar refractivity (Wildman–Crippen MR) is 59.9 cm³/mol. The Hall–Kier alpha value is -2.41. The largest absolute Gasteiger partial charge is 0.274 e. The maximum Gasteiger partial charge on any atom is 0.274 e. The quantitative estimate of drug-likeness (QED) is 0.567. The van der Waals surface area contributed by atoms with Gasteiger partial charge in [-0.15, -0.1) is 0 Å². The zero-order valence-corrected chi connectivity index (χ0v) is 8.38. The second kappa shape index (κ2) is 3.99. The molecule has 0 saturated heterocycles. The first kappa shape index (κ1) is 10.1. The molecule has 2 rings (SSSR count). The highest BCUT2D eigenvalue weighted by atomic mass is 16.6. The smallest absolute Gasteiger partial charge is 0.258 e. The molecule has 16 heavy (non-hydrogen) atoms. The molecule has 0 saturated carbocycles. The molecular formula is C12H8N2O2. The molecule has 0 unspecified atom stereocenters. The minimum Gasteiger partial charge on any atom is -0.258 e. The van der Waals surface area contributed by atoms with E-state index in [9.17, 15) is 10.1 Å². The van der Waals surface area contributed by atoms with E-state index in [0.717, 1.165) is 10.8 Å². The van der Waals surface area contributed by atoms with E-state index in [1.807, 2.05) is 24.3 Å². The van der Waals surface area contributed by atoms with Crippen LogP contribution in [0.5, 0.6) is 0 Å². The molecule has 0 aromatic heterocycles. The third-order valence-corrected chi connectivity index (χ3v) is 2.47. The van der Waals surface area contributed by atoms with Crippen molar-refractivity contribution in [2.45, 2.75) is 6.42 Å². The lowest BCUT2D eigenvalue weighted by Crippen LogP contribution is -1.95. The van der Waals surface area contributed by atoms with Crippen LogP contribution in [-0.4, -0.2) is 4.92 Å². The lowest BCUT2D eigenvalue weighted by atomic mass is 10.0. The van der Waals surface area contributed by atoms with E-state index in [0.29, 0.717) is 5.56 Å². The SMILES string of the molecule is N#CCc1c([N+](=O)[O-])ccc2ccccc12. The van der Waals surface area contributed by atoms with E-state index in [1.54, 1.807) is 12.1 Å². The van der Waals surface area contributed by atoms with Crippen LogP contribution in [0.25, 0.3) is 10.8 Å². The lowest BCUT2D eigenvalue weighted by molar-refractivity contribution is -0.385. The molecule has 78 valence electrons. The highest BCUT2D eigenvalue weighted by Gasteiger charge is 2.15. The first-order valence-corrected chi connectivity index (χ1v) is 4.76. The van der Waals surface area contributed by atoms with Crippen LogP contribution in [0.3, 0.4) is 0 Å². The number of nitrogens with zero attached hydrogens (tertiary/aromatic N) is 2. The fraction of sp³-hybridized carbons (Fsp3) is 0.0833. The minimum absolute atomic E-state index is 0.0141. The Labute approximate surface area is 91.9 Å². The Balaban J connectivity index is 2.79. The van der Waals surface area contributed by atoms with Crippen LogP contribution in [0.1, 0.15) is 5.56 Å². The fourth-order valence-corrected chi connectivity index (χ4v) is 1.76. The van der Waals surface area contributed by atoms with Crippen LogP contribution in [0.4, 0.5) is 5.69 Å². The molecule has 0 amide bonds. The molecule has 0 fully saturated rings. The summed E-state index contributed by atoms with van der Waals surface area (Å²) >= 11 is 0. The highest BCUT2D eigenvalue weighted by Crippen LogP contribution is 2.27. The van der Waals surface area contributed by atoms with Crippen molar-refractivity contribution in [2.24, 2.45) is 0 Å². The van der Waals surface area contributed by atoms with Crippen molar-refractivity contribution in [3.05, 3.63) is 52.1 Å². The summed E-state index contributed by atoms with van der Waals surface area (Å²) in [7, 11) is 0. The van der Waals surface area contributed by atoms with Gasteiger partial charge in [0.2, 0.25) is 0 Å². The standard InChI is InChI=1S/C12H8N2O2/c13-8-7-11-10-4-2-1-3-9(10)5-6-12(11)14(15)16/h1-6H,7H2. The second-order valence-electron chi connectivity index (χ2n) is 3.38. The Kier molecular flexibility index (Phi) is 2.52. The first-order valence-electron chi connectivity index (χ1n) is 4.76. The van der Waals surface area contributed by atoms with Crippen LogP contribution < -0.4 is 0 Å². The van der Waals surface area contributed by atoms with Gasteiger partial charge >= 0.3 is 0 Å². The van der Waals surface area contributed by atoms with E-state index in [-0.39, 0.29) is 12.1 Å². The summed E-state index contributed by atoms with van der Waals surface area (Å²) in [5, 5.41) is 21.2. The molecule has 2 aromatic carbocycles. The third kappa shape index (κ3) is 1.59. The summed E-state index contributed by atoms with van der Waals surface area (Å²) in [4.78, 5) is 10.4. The maximum absolute atomic E-state index is 10.8. The lowest BCUT2D eigenvalue weighted by Gasteiger charge is -2.03. The fourth-order valence-electron chi connectivity index (χ4n) is 1.76. The number of benzene rings is 2. The van der Waals surface area contributed by atoms with Crippen molar-refractivity contribution in [1.29, 1.82) is 5.26 Å². The van der Waals surface area contributed by atoms with Gasteiger partial charge in [0.05, 0.1) is 23.0 Å².